The molecule has 3 saturated carbocycles. The maximum Gasteiger partial charge on any atom is 0.343 e. The first-order chi connectivity index (χ1) is 13.0. The van der Waals surface area contributed by atoms with E-state index >= 15 is 0 Å². The third-order valence-corrected chi connectivity index (χ3v) is 7.88. The highest BCUT2D eigenvalue weighted by atomic mass is 32.1. The van der Waals surface area contributed by atoms with E-state index in [2.05, 4.69) is 40.9 Å². The number of hydrogen-bond acceptors (Lipinski definition) is 3. The van der Waals surface area contributed by atoms with Crippen LogP contribution in [-0.2, 0) is 11.3 Å². The predicted octanol–water partition coefficient (Wildman–Crippen LogP) is 4.03. The molecule has 5 nitrogen and oxygen atoms in total. The number of rotatable bonds is 5. The monoisotopic (exact) mass is 387 g/mol. The van der Waals surface area contributed by atoms with E-state index in [1.165, 1.54) is 19.3 Å². The molecule has 2 aromatic rings. The first kappa shape index (κ1) is 18.7. The largest absolute Gasteiger partial charge is 0.383 e. The Morgan fingerprint density at radius 2 is 2.19 bits per heavy atom. The topological polar surface area (TPSA) is 55.6 Å². The molecule has 146 valence electrons. The molecule has 3 aliphatic rings. The fourth-order valence-electron chi connectivity index (χ4n) is 5.06. The molecule has 2 amide bonds. The lowest BCUT2D eigenvalue weighted by molar-refractivity contribution is -0.103. The van der Waals surface area contributed by atoms with Gasteiger partial charge >= 0.3 is 6.03 Å². The van der Waals surface area contributed by atoms with Gasteiger partial charge in [0.2, 0.25) is 0 Å². The summed E-state index contributed by atoms with van der Waals surface area (Å²) in [5.41, 5.74) is 1.54. The highest BCUT2D eigenvalue weighted by molar-refractivity contribution is 7.16. The van der Waals surface area contributed by atoms with Crippen molar-refractivity contribution in [1.29, 1.82) is 0 Å². The summed E-state index contributed by atoms with van der Waals surface area (Å²) in [6.07, 6.45) is 3.86. The maximum atomic E-state index is 12.5. The summed E-state index contributed by atoms with van der Waals surface area (Å²) >= 11 is 1.55. The van der Waals surface area contributed by atoms with Crippen LogP contribution in [0, 0.1) is 23.2 Å². The van der Waals surface area contributed by atoms with Crippen LogP contribution in [0.4, 0.5) is 4.79 Å². The Kier molecular flexibility index (Phi) is 5.12. The van der Waals surface area contributed by atoms with Gasteiger partial charge in [-0.15, -0.1) is 0 Å². The molecule has 0 aliphatic heterocycles. The van der Waals surface area contributed by atoms with Crippen LogP contribution < -0.4 is 10.1 Å². The van der Waals surface area contributed by atoms with Gasteiger partial charge in [0.25, 0.3) is 0 Å². The molecule has 0 radical (unpaired) electrons. The van der Waals surface area contributed by atoms with E-state index in [1.54, 1.807) is 18.4 Å². The molecule has 27 heavy (non-hydrogen) atoms. The summed E-state index contributed by atoms with van der Waals surface area (Å²) < 4.78 is 8.43. The van der Waals surface area contributed by atoms with Crippen LogP contribution in [0.15, 0.2) is 29.3 Å². The van der Waals surface area contributed by atoms with Crippen LogP contribution in [0.5, 0.6) is 0 Å². The van der Waals surface area contributed by atoms with E-state index < -0.39 is 0 Å². The van der Waals surface area contributed by atoms with Gasteiger partial charge in [0.05, 0.1) is 16.8 Å². The predicted molar refractivity (Wildman–Crippen MR) is 109 cm³/mol. The Hall–Kier alpha value is -1.66. The minimum Gasteiger partial charge on any atom is -0.383 e. The molecule has 2 bridgehead atoms. The minimum atomic E-state index is -0.230. The van der Waals surface area contributed by atoms with Crippen molar-refractivity contribution in [3.05, 3.63) is 29.1 Å². The third-order valence-electron chi connectivity index (χ3n) is 6.82. The van der Waals surface area contributed by atoms with E-state index in [9.17, 15) is 4.79 Å². The second kappa shape index (κ2) is 7.40. The Morgan fingerprint density at radius 1 is 1.37 bits per heavy atom. The molecule has 1 aromatic heterocycles. The molecular formula is C21H29N3O2S. The van der Waals surface area contributed by atoms with Gasteiger partial charge in [-0.05, 0) is 54.6 Å². The number of nitrogens with one attached hydrogen (secondary N) is 1. The lowest BCUT2D eigenvalue weighted by Crippen LogP contribution is -2.54. The van der Waals surface area contributed by atoms with Crippen molar-refractivity contribution in [2.75, 3.05) is 20.3 Å². The highest BCUT2D eigenvalue weighted by Crippen LogP contribution is 2.61. The van der Waals surface area contributed by atoms with E-state index in [4.69, 9.17) is 4.74 Å². The van der Waals surface area contributed by atoms with Crippen molar-refractivity contribution in [3.63, 3.8) is 0 Å². The number of aromatic nitrogens is 1. The van der Waals surface area contributed by atoms with Crippen LogP contribution in [0.2, 0.25) is 0 Å². The smallest absolute Gasteiger partial charge is 0.343 e. The molecule has 3 atom stereocenters. The number of amides is 2. The van der Waals surface area contributed by atoms with E-state index in [-0.39, 0.29) is 6.03 Å². The maximum absolute atomic E-state index is 12.5. The van der Waals surface area contributed by atoms with Gasteiger partial charge in [-0.3, -0.25) is 0 Å². The third kappa shape index (κ3) is 3.45. The Labute approximate surface area is 164 Å². The van der Waals surface area contributed by atoms with Crippen molar-refractivity contribution in [3.8, 4) is 0 Å². The minimum absolute atomic E-state index is 0.230. The van der Waals surface area contributed by atoms with Crippen LogP contribution in [0.1, 0.15) is 33.1 Å². The van der Waals surface area contributed by atoms with Gasteiger partial charge in [0.15, 0.2) is 4.80 Å². The normalized spacial score (nSPS) is 26.8. The summed E-state index contributed by atoms with van der Waals surface area (Å²) in [5.74, 6) is 2.22. The number of ether oxygens (including phenoxy) is 1. The number of thiazole rings is 1. The molecule has 3 fully saturated rings. The number of para-hydroxylation sites is 1. The fraction of sp³-hybridized carbons (Fsp3) is 0.619. The standard InChI is InChI=1S/C21H29N3O2S/c1-21(2)15-9-8-14(16(21)12-15)13-22-19(25)23-20-24(10-11-26-3)17-6-4-5-7-18(17)27-20/h4-7,14-16H,8-13H2,1-3H3,(H,22,25). The average Bonchev–Trinajstić information content (AvgIpc) is 3.01. The summed E-state index contributed by atoms with van der Waals surface area (Å²) in [4.78, 5) is 17.6. The van der Waals surface area contributed by atoms with E-state index in [0.29, 0.717) is 24.5 Å². The Morgan fingerprint density at radius 3 is 2.93 bits per heavy atom. The van der Waals surface area contributed by atoms with E-state index in [0.717, 1.165) is 33.4 Å². The molecule has 5 rings (SSSR count). The summed E-state index contributed by atoms with van der Waals surface area (Å²) in [6, 6.07) is 7.93. The zero-order valence-corrected chi connectivity index (χ0v) is 17.2. The summed E-state index contributed by atoms with van der Waals surface area (Å²) in [5, 5.41) is 3.08. The van der Waals surface area contributed by atoms with Crippen LogP contribution in [-0.4, -0.2) is 30.9 Å². The molecule has 1 N–H and O–H groups in total. The van der Waals surface area contributed by atoms with Crippen molar-refractivity contribution in [2.45, 2.75) is 39.7 Å². The fourth-order valence-corrected chi connectivity index (χ4v) is 6.11. The highest BCUT2D eigenvalue weighted by Gasteiger charge is 2.53. The van der Waals surface area contributed by atoms with Crippen molar-refractivity contribution in [1.82, 2.24) is 9.88 Å². The molecule has 1 heterocycles. The van der Waals surface area contributed by atoms with Gasteiger partial charge in [0.1, 0.15) is 0 Å². The van der Waals surface area contributed by atoms with Crippen molar-refractivity contribution < 1.29 is 9.53 Å². The number of fused-ring (bicyclic) bond motifs is 3. The van der Waals surface area contributed by atoms with Gasteiger partial charge < -0.3 is 14.6 Å². The molecule has 3 unspecified atom stereocenters. The molecule has 3 aliphatic carbocycles. The SMILES string of the molecule is COCCn1c(=NC(=O)NCC2CCC3CC2C3(C)C)sc2ccccc21. The Bertz CT molecular complexity index is 896. The first-order valence-electron chi connectivity index (χ1n) is 9.90. The number of nitrogens with zero attached hydrogens (tertiary/aromatic N) is 2. The molecule has 6 heteroatoms. The zero-order chi connectivity index (χ0) is 19.0. The lowest BCUT2D eigenvalue weighted by Gasteiger charge is -2.60. The first-order valence-corrected chi connectivity index (χ1v) is 10.7. The lowest BCUT2D eigenvalue weighted by atomic mass is 9.45. The number of methoxy groups -OCH3 is 1. The average molecular weight is 388 g/mol. The quantitative estimate of drug-likeness (QED) is 0.842. The van der Waals surface area contributed by atoms with Gasteiger partial charge in [0, 0.05) is 20.2 Å². The molecule has 0 saturated heterocycles. The van der Waals surface area contributed by atoms with Crippen LogP contribution >= 0.6 is 11.3 Å². The zero-order valence-electron chi connectivity index (χ0n) is 16.4. The number of benzene rings is 1. The number of carbonyl (C=O) groups is 1. The molecule has 1 aromatic carbocycles. The number of hydrogen-bond donors (Lipinski definition) is 1. The summed E-state index contributed by atoms with van der Waals surface area (Å²) in [6.45, 7) is 6.80. The van der Waals surface area contributed by atoms with Gasteiger partial charge in [-0.1, -0.05) is 37.3 Å². The van der Waals surface area contributed by atoms with Gasteiger partial charge in [-0.25, -0.2) is 4.79 Å². The van der Waals surface area contributed by atoms with Crippen LogP contribution in [0.3, 0.4) is 0 Å². The second-order valence-corrected chi connectivity index (χ2v) is 9.50. The molecular weight excluding hydrogens is 358 g/mol. The second-order valence-electron chi connectivity index (χ2n) is 8.49. The summed E-state index contributed by atoms with van der Waals surface area (Å²) in [7, 11) is 1.69. The van der Waals surface area contributed by atoms with Crippen LogP contribution in [0.25, 0.3) is 10.2 Å². The Balaban J connectivity index is 1.49. The van der Waals surface area contributed by atoms with Crippen molar-refractivity contribution >= 4 is 27.6 Å². The number of urea groups is 1. The van der Waals surface area contributed by atoms with Crippen molar-refractivity contribution in [2.24, 2.45) is 28.2 Å². The van der Waals surface area contributed by atoms with Gasteiger partial charge in [-0.2, -0.15) is 4.99 Å². The number of carbonyl (C=O) groups excluding carboxylic acids is 1. The molecule has 0 spiro atoms. The van der Waals surface area contributed by atoms with E-state index in [1.807, 2.05) is 12.1 Å².